The van der Waals surface area contributed by atoms with Crippen LogP contribution in [0.3, 0.4) is 0 Å². The molecule has 6 spiro atoms. The van der Waals surface area contributed by atoms with Gasteiger partial charge in [-0.25, -0.2) is 0 Å². The van der Waals surface area contributed by atoms with Crippen LogP contribution in [-0.2, 0) is 0 Å². The summed E-state index contributed by atoms with van der Waals surface area (Å²) in [5.74, 6) is 75.5. The van der Waals surface area contributed by atoms with Gasteiger partial charge in [0.05, 0.1) is 32.5 Å². The molecule has 0 heteroatoms. The second kappa shape index (κ2) is 9.67. The van der Waals surface area contributed by atoms with Gasteiger partial charge in [0, 0.05) is 0 Å². The van der Waals surface area contributed by atoms with E-state index in [4.69, 9.17) is 0 Å². The fourth-order valence-corrected chi connectivity index (χ4v) is 4.25. The van der Waals surface area contributed by atoms with E-state index in [0.29, 0.717) is 0 Å². The lowest BCUT2D eigenvalue weighted by atomic mass is 10.1. The van der Waals surface area contributed by atoms with Crippen molar-refractivity contribution >= 4 is 0 Å². The van der Waals surface area contributed by atoms with Crippen molar-refractivity contribution < 1.29 is 0 Å². The molecule has 42 heavy (non-hydrogen) atoms. The summed E-state index contributed by atoms with van der Waals surface area (Å²) in [5, 5.41) is 0. The van der Waals surface area contributed by atoms with Crippen LogP contribution < -0.4 is 0 Å². The van der Waals surface area contributed by atoms with Gasteiger partial charge in [0.2, 0.25) is 0 Å². The topological polar surface area (TPSA) is 0 Å². The Morgan fingerprint density at radius 3 is 0.333 bits per heavy atom. The maximum Gasteiger partial charge on any atom is 0.0940 e. The Morgan fingerprint density at radius 2 is 0.262 bits per heavy atom. The van der Waals surface area contributed by atoms with Crippen LogP contribution >= 0.6 is 0 Å². The lowest BCUT2D eigenvalue weighted by molar-refractivity contribution is 0.936. The highest BCUT2D eigenvalue weighted by Gasteiger charge is 2.43. The minimum absolute atomic E-state index is 0.265. The first-order valence-corrected chi connectivity index (χ1v) is 14.7. The third-order valence-electron chi connectivity index (χ3n) is 8.50. The fraction of sp³-hybridized carbons (Fsp3) is 0.429. The number of rotatable bonds is 0. The van der Waals surface area contributed by atoms with Crippen molar-refractivity contribution in [3.05, 3.63) is 0 Å². The standard InChI is InChI=1S/C42H24/c1-2-14-38(27-28-38)16-5-6-18-40(31-32-40)20-9-10-22-42(35-36-42)24-12-11-23-41(33-34-41)21-8-7-19-39(29-30-39)17-4-3-15-37(13-1)25-26-37/h25-36H2. The molecule has 0 atom stereocenters. The summed E-state index contributed by atoms with van der Waals surface area (Å²) in [5.41, 5.74) is -1.59. The zero-order valence-electron chi connectivity index (χ0n) is 23.5. The predicted octanol–water partition coefficient (Wildman–Crippen LogP) is 4.72. The van der Waals surface area contributed by atoms with Gasteiger partial charge < -0.3 is 0 Å². The van der Waals surface area contributed by atoms with Crippen LogP contribution in [0.2, 0.25) is 0 Å². The Labute approximate surface area is 251 Å². The van der Waals surface area contributed by atoms with E-state index in [-0.39, 0.29) is 32.5 Å². The molecular formula is C42H24. The zero-order valence-corrected chi connectivity index (χ0v) is 23.5. The molecule has 7 aliphatic carbocycles. The van der Waals surface area contributed by atoms with E-state index in [1.807, 2.05) is 0 Å². The van der Waals surface area contributed by atoms with Gasteiger partial charge in [0.1, 0.15) is 0 Å². The van der Waals surface area contributed by atoms with Crippen LogP contribution in [-0.4, -0.2) is 0 Å². The van der Waals surface area contributed by atoms with Crippen molar-refractivity contribution in [1.82, 2.24) is 0 Å². The molecule has 6 saturated carbocycles. The van der Waals surface area contributed by atoms with Crippen molar-refractivity contribution in [2.75, 3.05) is 0 Å². The summed E-state index contributed by atoms with van der Waals surface area (Å²) in [7, 11) is 0. The van der Waals surface area contributed by atoms with Gasteiger partial charge in [0.25, 0.3) is 0 Å². The van der Waals surface area contributed by atoms with Crippen molar-refractivity contribution in [2.45, 2.75) is 77.0 Å². The van der Waals surface area contributed by atoms with Crippen molar-refractivity contribution in [1.29, 1.82) is 0 Å². The van der Waals surface area contributed by atoms with E-state index in [2.05, 4.69) is 142 Å². The highest BCUT2D eigenvalue weighted by molar-refractivity contribution is 5.50. The molecule has 0 aromatic rings. The lowest BCUT2D eigenvalue weighted by Crippen LogP contribution is -1.93. The predicted molar refractivity (Wildman–Crippen MR) is 163 cm³/mol. The Kier molecular flexibility index (Phi) is 5.91. The van der Waals surface area contributed by atoms with Crippen LogP contribution in [0.1, 0.15) is 77.0 Å². The van der Waals surface area contributed by atoms with Gasteiger partial charge in [0.15, 0.2) is 0 Å². The Hall–Kier alpha value is -5.28. The van der Waals surface area contributed by atoms with Gasteiger partial charge in [-0.2, -0.15) is 0 Å². The largest absolute Gasteiger partial charge is 0.0940 e. The molecule has 0 saturated heterocycles. The monoisotopic (exact) mass is 528 g/mol. The van der Waals surface area contributed by atoms with Crippen LogP contribution in [0.25, 0.3) is 0 Å². The quantitative estimate of drug-likeness (QED) is 0.399. The summed E-state index contributed by atoms with van der Waals surface area (Å²) in [6, 6.07) is 0. The summed E-state index contributed by atoms with van der Waals surface area (Å²) in [6.07, 6.45) is 11.6. The third kappa shape index (κ3) is 6.37. The van der Waals surface area contributed by atoms with E-state index in [1.165, 1.54) is 0 Å². The SMILES string of the molecule is C1#CC2(C#CC#CC3(C#CC#CC4(C#CC#CC5(C#CC#CC6(C#CC#CC7(C#C1)CC7)CC6)CC5)CC4)CC3)CC2. The van der Waals surface area contributed by atoms with Crippen molar-refractivity contribution in [3.8, 4) is 142 Å². The molecule has 0 heterocycles. The summed E-state index contributed by atoms with van der Waals surface area (Å²) >= 11 is 0. The molecule has 0 amide bonds. The maximum atomic E-state index is 3.26. The molecule has 0 bridgehead atoms. The average molecular weight is 529 g/mol. The highest BCUT2D eigenvalue weighted by atomic mass is 14.4. The molecule has 0 N–H and O–H groups in total. The van der Waals surface area contributed by atoms with Crippen LogP contribution in [0.5, 0.6) is 0 Å². The van der Waals surface area contributed by atoms with E-state index < -0.39 is 0 Å². The van der Waals surface area contributed by atoms with Gasteiger partial charge in [-0.05, 0) is 148 Å². The van der Waals surface area contributed by atoms with Crippen LogP contribution in [0, 0.1) is 175 Å². The first-order chi connectivity index (χ1) is 20.5. The second-order valence-corrected chi connectivity index (χ2v) is 12.5. The third-order valence-corrected chi connectivity index (χ3v) is 8.50. The van der Waals surface area contributed by atoms with Gasteiger partial charge in [-0.15, -0.1) is 0 Å². The first kappa shape index (κ1) is 25.7. The Balaban J connectivity index is 1.14. The average Bonchev–Trinajstić information content (AvgIpc) is 3.77. The molecule has 0 radical (unpaired) electrons. The number of hydrogen-bond acceptors (Lipinski definition) is 0. The van der Waals surface area contributed by atoms with Crippen molar-refractivity contribution in [3.63, 3.8) is 0 Å². The van der Waals surface area contributed by atoms with E-state index in [1.54, 1.807) is 0 Å². The molecule has 192 valence electrons. The minimum atomic E-state index is -0.265. The molecule has 0 nitrogen and oxygen atoms in total. The molecule has 7 aliphatic rings. The summed E-state index contributed by atoms with van der Waals surface area (Å²) < 4.78 is 0. The summed E-state index contributed by atoms with van der Waals surface area (Å²) in [6.45, 7) is 0. The molecule has 6 fully saturated rings. The van der Waals surface area contributed by atoms with Gasteiger partial charge >= 0.3 is 0 Å². The summed E-state index contributed by atoms with van der Waals surface area (Å²) in [4.78, 5) is 0. The van der Waals surface area contributed by atoms with Crippen LogP contribution in [0.4, 0.5) is 0 Å². The van der Waals surface area contributed by atoms with Crippen molar-refractivity contribution in [2.24, 2.45) is 32.5 Å². The normalized spacial score (nSPS) is 25.1. The Bertz CT molecular complexity index is 1530. The van der Waals surface area contributed by atoms with E-state index in [9.17, 15) is 0 Å². The smallest absolute Gasteiger partial charge is 0.0691 e. The molecule has 0 aliphatic heterocycles. The fourth-order valence-electron chi connectivity index (χ4n) is 4.25. The lowest BCUT2D eigenvalue weighted by Gasteiger charge is -1.93. The van der Waals surface area contributed by atoms with E-state index in [0.717, 1.165) is 77.0 Å². The highest BCUT2D eigenvalue weighted by Crippen LogP contribution is 2.47. The zero-order chi connectivity index (χ0) is 28.5. The van der Waals surface area contributed by atoms with E-state index >= 15 is 0 Å². The number of hydrogen-bond donors (Lipinski definition) is 0. The maximum absolute atomic E-state index is 3.26. The molecule has 7 rings (SSSR count). The molecule has 0 unspecified atom stereocenters. The molecule has 0 aromatic heterocycles. The first-order valence-electron chi connectivity index (χ1n) is 14.7. The van der Waals surface area contributed by atoms with Crippen LogP contribution in [0.15, 0.2) is 0 Å². The van der Waals surface area contributed by atoms with Gasteiger partial charge in [-0.3, -0.25) is 0 Å². The van der Waals surface area contributed by atoms with Gasteiger partial charge in [-0.1, -0.05) is 71.0 Å². The minimum Gasteiger partial charge on any atom is -0.0691 e. The molecular weight excluding hydrogens is 504 g/mol. The second-order valence-electron chi connectivity index (χ2n) is 12.5. The Morgan fingerprint density at radius 1 is 0.167 bits per heavy atom. The molecule has 0 aromatic carbocycles.